The summed E-state index contributed by atoms with van der Waals surface area (Å²) in [5.74, 6) is 0.0912. The molecule has 0 aliphatic carbocycles. The van der Waals surface area contributed by atoms with Gasteiger partial charge in [0.1, 0.15) is 5.75 Å². The number of carbonyl (C=O) groups is 1. The fourth-order valence-electron chi connectivity index (χ4n) is 2.06. The van der Waals surface area contributed by atoms with Gasteiger partial charge in [0.05, 0.1) is 25.3 Å². The minimum absolute atomic E-state index is 0.194. The van der Waals surface area contributed by atoms with Crippen LogP contribution in [0.25, 0.3) is 0 Å². The van der Waals surface area contributed by atoms with Gasteiger partial charge in [0.25, 0.3) is 5.91 Å². The molecule has 0 unspecified atom stereocenters. The van der Waals surface area contributed by atoms with E-state index in [-0.39, 0.29) is 12.5 Å². The third kappa shape index (κ3) is 3.52. The number of rotatable bonds is 5. The number of amides is 1. The van der Waals surface area contributed by atoms with Crippen LogP contribution in [0.2, 0.25) is 0 Å². The van der Waals surface area contributed by atoms with Gasteiger partial charge < -0.3 is 20.9 Å². The highest BCUT2D eigenvalue weighted by Gasteiger charge is 2.18. The average molecular weight is 286 g/mol. The highest BCUT2D eigenvalue weighted by molar-refractivity contribution is 5.98. The number of aliphatic hydroxyl groups is 1. The molecule has 0 saturated heterocycles. The molecular weight excluding hydrogens is 268 g/mol. The van der Waals surface area contributed by atoms with E-state index in [2.05, 4.69) is 5.32 Å². The van der Waals surface area contributed by atoms with E-state index in [0.717, 1.165) is 5.56 Å². The minimum atomic E-state index is -0.482. The van der Waals surface area contributed by atoms with Gasteiger partial charge in [0, 0.05) is 5.69 Å². The van der Waals surface area contributed by atoms with Crippen molar-refractivity contribution in [2.75, 3.05) is 19.5 Å². The molecule has 0 spiro atoms. The SMILES string of the molecule is COc1ccc(N)cc1C(=O)N[C@H](CO)c1ccccc1. The van der Waals surface area contributed by atoms with E-state index in [1.165, 1.54) is 7.11 Å². The Hall–Kier alpha value is -2.53. The lowest BCUT2D eigenvalue weighted by Gasteiger charge is -2.18. The predicted molar refractivity (Wildman–Crippen MR) is 81.1 cm³/mol. The second-order valence-corrected chi connectivity index (χ2v) is 4.58. The molecule has 0 heterocycles. The summed E-state index contributed by atoms with van der Waals surface area (Å²) in [5, 5.41) is 12.3. The topological polar surface area (TPSA) is 84.6 Å². The summed E-state index contributed by atoms with van der Waals surface area (Å²) < 4.78 is 5.16. The second-order valence-electron chi connectivity index (χ2n) is 4.58. The average Bonchev–Trinajstić information content (AvgIpc) is 2.53. The largest absolute Gasteiger partial charge is 0.496 e. The number of hydrogen-bond acceptors (Lipinski definition) is 4. The van der Waals surface area contributed by atoms with E-state index in [9.17, 15) is 9.90 Å². The molecule has 5 nitrogen and oxygen atoms in total. The monoisotopic (exact) mass is 286 g/mol. The Morgan fingerprint density at radius 3 is 2.62 bits per heavy atom. The van der Waals surface area contributed by atoms with Crippen LogP contribution < -0.4 is 15.8 Å². The summed E-state index contributed by atoms with van der Waals surface area (Å²) in [7, 11) is 1.49. The van der Waals surface area contributed by atoms with Gasteiger partial charge in [-0.2, -0.15) is 0 Å². The molecule has 2 aromatic rings. The third-order valence-corrected chi connectivity index (χ3v) is 3.16. The number of hydrogen-bond donors (Lipinski definition) is 3. The number of aliphatic hydroxyl groups excluding tert-OH is 1. The van der Waals surface area contributed by atoms with E-state index >= 15 is 0 Å². The molecule has 21 heavy (non-hydrogen) atoms. The van der Waals surface area contributed by atoms with E-state index in [0.29, 0.717) is 17.0 Å². The maximum atomic E-state index is 12.4. The third-order valence-electron chi connectivity index (χ3n) is 3.16. The van der Waals surface area contributed by atoms with Crippen LogP contribution in [0.4, 0.5) is 5.69 Å². The van der Waals surface area contributed by atoms with Crippen LogP contribution in [0.3, 0.4) is 0 Å². The van der Waals surface area contributed by atoms with Crippen LogP contribution in [-0.2, 0) is 0 Å². The molecule has 1 amide bonds. The quantitative estimate of drug-likeness (QED) is 0.731. The molecule has 2 aromatic carbocycles. The number of methoxy groups -OCH3 is 1. The van der Waals surface area contributed by atoms with E-state index < -0.39 is 6.04 Å². The summed E-state index contributed by atoms with van der Waals surface area (Å²) in [4.78, 5) is 12.4. The van der Waals surface area contributed by atoms with E-state index in [1.54, 1.807) is 18.2 Å². The van der Waals surface area contributed by atoms with Crippen LogP contribution in [0, 0.1) is 0 Å². The fourth-order valence-corrected chi connectivity index (χ4v) is 2.06. The number of nitrogens with two attached hydrogens (primary N) is 1. The molecule has 0 radical (unpaired) electrons. The van der Waals surface area contributed by atoms with Crippen molar-refractivity contribution < 1.29 is 14.6 Å². The highest BCUT2D eigenvalue weighted by Crippen LogP contribution is 2.22. The van der Waals surface area contributed by atoms with Crippen molar-refractivity contribution in [3.8, 4) is 5.75 Å². The van der Waals surface area contributed by atoms with Gasteiger partial charge >= 0.3 is 0 Å². The molecule has 0 aliphatic rings. The van der Waals surface area contributed by atoms with Gasteiger partial charge in [-0.3, -0.25) is 4.79 Å². The number of benzene rings is 2. The fraction of sp³-hybridized carbons (Fsp3) is 0.188. The summed E-state index contributed by atoms with van der Waals surface area (Å²) in [6.07, 6.45) is 0. The van der Waals surface area contributed by atoms with Crippen LogP contribution in [0.5, 0.6) is 5.75 Å². The maximum Gasteiger partial charge on any atom is 0.255 e. The van der Waals surface area contributed by atoms with Crippen molar-refractivity contribution in [1.82, 2.24) is 5.32 Å². The normalized spacial score (nSPS) is 11.7. The standard InChI is InChI=1S/C16H18N2O3/c1-21-15-8-7-12(17)9-13(15)16(20)18-14(10-19)11-5-3-2-4-6-11/h2-9,14,19H,10,17H2,1H3,(H,18,20)/t14-/m1/s1. The van der Waals surface area contributed by atoms with Crippen LogP contribution in [-0.4, -0.2) is 24.7 Å². The van der Waals surface area contributed by atoms with Crippen molar-refractivity contribution in [1.29, 1.82) is 0 Å². The Morgan fingerprint density at radius 2 is 2.00 bits per heavy atom. The molecule has 0 aliphatic heterocycles. The number of anilines is 1. The Bertz CT molecular complexity index is 614. The maximum absolute atomic E-state index is 12.4. The molecule has 0 saturated carbocycles. The van der Waals surface area contributed by atoms with Gasteiger partial charge in [0.15, 0.2) is 0 Å². The first-order chi connectivity index (χ1) is 10.2. The minimum Gasteiger partial charge on any atom is -0.496 e. The van der Waals surface area contributed by atoms with Crippen molar-refractivity contribution in [3.63, 3.8) is 0 Å². The molecule has 2 rings (SSSR count). The zero-order chi connectivity index (χ0) is 15.2. The van der Waals surface area contributed by atoms with Crippen LogP contribution >= 0.6 is 0 Å². The zero-order valence-corrected chi connectivity index (χ0v) is 11.7. The lowest BCUT2D eigenvalue weighted by Crippen LogP contribution is -2.31. The number of nitrogen functional groups attached to an aromatic ring is 1. The van der Waals surface area contributed by atoms with Crippen molar-refractivity contribution >= 4 is 11.6 Å². The Balaban J connectivity index is 2.22. The van der Waals surface area contributed by atoms with Gasteiger partial charge in [0.2, 0.25) is 0 Å². The smallest absolute Gasteiger partial charge is 0.255 e. The first-order valence-corrected chi connectivity index (χ1v) is 6.56. The Labute approximate surface area is 123 Å². The van der Waals surface area contributed by atoms with E-state index in [1.807, 2.05) is 30.3 Å². The molecule has 0 aromatic heterocycles. The number of carbonyl (C=O) groups excluding carboxylic acids is 1. The molecule has 0 bridgehead atoms. The summed E-state index contributed by atoms with van der Waals surface area (Å²) in [5.41, 5.74) is 7.35. The molecule has 0 fully saturated rings. The van der Waals surface area contributed by atoms with Gasteiger partial charge in [-0.25, -0.2) is 0 Å². The van der Waals surface area contributed by atoms with Gasteiger partial charge in [-0.15, -0.1) is 0 Å². The second kappa shape index (κ2) is 6.76. The lowest BCUT2D eigenvalue weighted by atomic mass is 10.1. The number of nitrogens with one attached hydrogen (secondary N) is 1. The van der Waals surface area contributed by atoms with Crippen molar-refractivity contribution in [2.24, 2.45) is 0 Å². The molecule has 4 N–H and O–H groups in total. The summed E-state index contributed by atoms with van der Waals surface area (Å²) in [6.45, 7) is -0.194. The Kier molecular flexibility index (Phi) is 4.79. The summed E-state index contributed by atoms with van der Waals surface area (Å²) in [6, 6.07) is 13.6. The Morgan fingerprint density at radius 1 is 1.29 bits per heavy atom. The molecule has 110 valence electrons. The summed E-state index contributed by atoms with van der Waals surface area (Å²) >= 11 is 0. The zero-order valence-electron chi connectivity index (χ0n) is 11.7. The van der Waals surface area contributed by atoms with Crippen molar-refractivity contribution in [3.05, 3.63) is 59.7 Å². The highest BCUT2D eigenvalue weighted by atomic mass is 16.5. The van der Waals surface area contributed by atoms with E-state index in [4.69, 9.17) is 10.5 Å². The van der Waals surface area contributed by atoms with Crippen molar-refractivity contribution in [2.45, 2.75) is 6.04 Å². The predicted octanol–water partition coefficient (Wildman–Crippen LogP) is 1.74. The van der Waals surface area contributed by atoms with Crippen LogP contribution in [0.15, 0.2) is 48.5 Å². The van der Waals surface area contributed by atoms with Crippen LogP contribution in [0.1, 0.15) is 22.0 Å². The number of ether oxygens (including phenoxy) is 1. The lowest BCUT2D eigenvalue weighted by molar-refractivity contribution is 0.0913. The molecular formula is C16H18N2O3. The van der Waals surface area contributed by atoms with Gasteiger partial charge in [-0.1, -0.05) is 30.3 Å². The van der Waals surface area contributed by atoms with Gasteiger partial charge in [-0.05, 0) is 23.8 Å². The molecule has 1 atom stereocenters. The first kappa shape index (κ1) is 14.9. The first-order valence-electron chi connectivity index (χ1n) is 6.56. The molecule has 5 heteroatoms.